The Morgan fingerprint density at radius 3 is 2.69 bits per heavy atom. The summed E-state index contributed by atoms with van der Waals surface area (Å²) in [5.41, 5.74) is 13.8. The minimum atomic E-state index is -1.12. The number of nitrogens with two attached hydrogens (primary N) is 2. The van der Waals surface area contributed by atoms with Gasteiger partial charge in [0.25, 0.3) is 0 Å². The molecule has 1 fully saturated rings. The van der Waals surface area contributed by atoms with Crippen LogP contribution in [0.5, 0.6) is 0 Å². The predicted octanol–water partition coefficient (Wildman–Crippen LogP) is 3.11. The van der Waals surface area contributed by atoms with E-state index in [0.29, 0.717) is 18.3 Å². The summed E-state index contributed by atoms with van der Waals surface area (Å²) < 4.78 is 14.2. The molecular formula is C22H38FN5O. The molecule has 0 aromatic rings. The van der Waals surface area contributed by atoms with E-state index in [0.717, 1.165) is 50.8 Å². The molecule has 29 heavy (non-hydrogen) atoms. The fourth-order valence-corrected chi connectivity index (χ4v) is 3.94. The average molecular weight is 408 g/mol. The molecule has 0 radical (unpaired) electrons. The fraction of sp³-hybridized carbons (Fsp3) is 0.773. The van der Waals surface area contributed by atoms with E-state index in [9.17, 15) is 9.18 Å². The zero-order chi connectivity index (χ0) is 21.4. The first-order chi connectivity index (χ1) is 13.8. The van der Waals surface area contributed by atoms with Gasteiger partial charge in [-0.15, -0.1) is 0 Å². The van der Waals surface area contributed by atoms with E-state index in [1.165, 1.54) is 11.8 Å². The smallest absolute Gasteiger partial charge is 0.232 e. The molecule has 0 spiro atoms. The Bertz CT molecular complexity index is 627. The lowest BCUT2D eigenvalue weighted by molar-refractivity contribution is -0.125. The second-order valence-electron chi connectivity index (χ2n) is 8.62. The normalized spacial score (nSPS) is 21.5. The van der Waals surface area contributed by atoms with Gasteiger partial charge in [-0.25, -0.2) is 4.39 Å². The van der Waals surface area contributed by atoms with Crippen molar-refractivity contribution < 1.29 is 9.18 Å². The van der Waals surface area contributed by atoms with Gasteiger partial charge in [-0.2, -0.15) is 0 Å². The third kappa shape index (κ3) is 7.63. The van der Waals surface area contributed by atoms with Crippen LogP contribution in [0.2, 0.25) is 0 Å². The van der Waals surface area contributed by atoms with E-state index in [2.05, 4.69) is 29.1 Å². The van der Waals surface area contributed by atoms with Crippen LogP contribution in [0.4, 0.5) is 4.39 Å². The Morgan fingerprint density at radius 2 is 2.07 bits per heavy atom. The second kappa shape index (κ2) is 11.6. The van der Waals surface area contributed by atoms with Gasteiger partial charge >= 0.3 is 0 Å². The zero-order valence-electron chi connectivity index (χ0n) is 18.1. The van der Waals surface area contributed by atoms with Gasteiger partial charge in [0.2, 0.25) is 5.91 Å². The van der Waals surface area contributed by atoms with Gasteiger partial charge in [0.15, 0.2) is 0 Å². The minimum absolute atomic E-state index is 0.280. The summed E-state index contributed by atoms with van der Waals surface area (Å²) in [7, 11) is 0. The first-order valence-corrected chi connectivity index (χ1v) is 11.1. The van der Waals surface area contributed by atoms with Crippen molar-refractivity contribution in [2.24, 2.45) is 39.2 Å². The number of carbonyl (C=O) groups is 1. The van der Waals surface area contributed by atoms with Crippen molar-refractivity contribution in [3.63, 3.8) is 0 Å². The molecule has 7 heteroatoms. The van der Waals surface area contributed by atoms with E-state index in [1.54, 1.807) is 13.1 Å². The highest BCUT2D eigenvalue weighted by atomic mass is 19.1. The molecule has 0 aromatic heterocycles. The zero-order valence-corrected chi connectivity index (χ0v) is 18.1. The van der Waals surface area contributed by atoms with Crippen LogP contribution in [-0.2, 0) is 4.79 Å². The Hall–Kier alpha value is -1.60. The maximum atomic E-state index is 14.2. The van der Waals surface area contributed by atoms with Gasteiger partial charge in [0.05, 0.1) is 23.8 Å². The third-order valence-corrected chi connectivity index (χ3v) is 5.84. The molecule has 4 unspecified atom stereocenters. The van der Waals surface area contributed by atoms with Crippen molar-refractivity contribution in [2.75, 3.05) is 6.54 Å². The Labute approximate surface area is 174 Å². The predicted molar refractivity (Wildman–Crippen MR) is 118 cm³/mol. The quantitative estimate of drug-likeness (QED) is 0.342. The first-order valence-electron chi connectivity index (χ1n) is 11.1. The lowest BCUT2D eigenvalue weighted by Gasteiger charge is -2.25. The van der Waals surface area contributed by atoms with Crippen molar-refractivity contribution >= 4 is 18.3 Å². The summed E-state index contributed by atoms with van der Waals surface area (Å²) in [6, 6.07) is -0.508. The molecule has 0 saturated heterocycles. The second-order valence-corrected chi connectivity index (χ2v) is 8.62. The SMILES string of the molecule is CCCC(C)CCC(F)/C=N\C(C)C(C(=O)NC1=C(C2CC2)CCN=C1)C(N)N. The number of halogens is 1. The molecule has 1 aliphatic heterocycles. The van der Waals surface area contributed by atoms with E-state index in [-0.39, 0.29) is 5.91 Å². The van der Waals surface area contributed by atoms with Crippen LogP contribution >= 0.6 is 0 Å². The maximum absolute atomic E-state index is 14.2. The highest BCUT2D eigenvalue weighted by Crippen LogP contribution is 2.39. The Morgan fingerprint density at radius 1 is 1.34 bits per heavy atom. The number of dihydropyridines is 1. The molecule has 4 atom stereocenters. The summed E-state index contributed by atoms with van der Waals surface area (Å²) in [5, 5.41) is 2.96. The number of rotatable bonds is 12. The largest absolute Gasteiger partial charge is 0.324 e. The molecule has 0 bridgehead atoms. The van der Waals surface area contributed by atoms with Crippen molar-refractivity contribution in [1.82, 2.24) is 5.32 Å². The van der Waals surface area contributed by atoms with Gasteiger partial charge in [-0.3, -0.25) is 14.8 Å². The highest BCUT2D eigenvalue weighted by Gasteiger charge is 2.33. The van der Waals surface area contributed by atoms with Crippen molar-refractivity contribution in [1.29, 1.82) is 0 Å². The summed E-state index contributed by atoms with van der Waals surface area (Å²) in [4.78, 5) is 21.4. The summed E-state index contributed by atoms with van der Waals surface area (Å²) >= 11 is 0. The van der Waals surface area contributed by atoms with Gasteiger partial charge in [-0.05, 0) is 56.4 Å². The van der Waals surface area contributed by atoms with Crippen LogP contribution in [0.3, 0.4) is 0 Å². The number of nitrogens with zero attached hydrogens (tertiary/aromatic N) is 2. The number of alkyl halides is 1. The Kier molecular flexibility index (Phi) is 9.43. The van der Waals surface area contributed by atoms with Crippen LogP contribution in [0.1, 0.15) is 65.7 Å². The van der Waals surface area contributed by atoms with Crippen LogP contribution in [0.25, 0.3) is 0 Å². The molecule has 1 aliphatic carbocycles. The van der Waals surface area contributed by atoms with E-state index < -0.39 is 24.3 Å². The number of allylic oxidation sites excluding steroid dienone is 1. The van der Waals surface area contributed by atoms with Crippen molar-refractivity contribution in [3.8, 4) is 0 Å². The summed E-state index contributed by atoms with van der Waals surface area (Å²) in [6.45, 7) is 6.80. The molecule has 5 N–H and O–H groups in total. The molecule has 0 aromatic carbocycles. The standard InChI is InChI=1S/C22H38FN5O/c1-4-5-14(2)6-9-17(23)12-27-15(3)20(21(24)25)22(29)28-19-13-26-11-10-18(19)16-7-8-16/h12-17,20-21H,4-11,24-25H2,1-3H3,(H,28,29)/b27-12-. The summed E-state index contributed by atoms with van der Waals surface area (Å²) in [5.74, 6) is 0.0462. The molecule has 164 valence electrons. The lowest BCUT2D eigenvalue weighted by Crippen LogP contribution is -2.51. The van der Waals surface area contributed by atoms with Crippen LogP contribution < -0.4 is 16.8 Å². The molecule has 1 heterocycles. The van der Waals surface area contributed by atoms with Gasteiger partial charge in [0.1, 0.15) is 6.17 Å². The minimum Gasteiger partial charge on any atom is -0.324 e. The van der Waals surface area contributed by atoms with E-state index in [4.69, 9.17) is 11.5 Å². The first kappa shape index (κ1) is 23.7. The number of amides is 1. The number of hydrogen-bond donors (Lipinski definition) is 3. The Balaban J connectivity index is 1.95. The van der Waals surface area contributed by atoms with Gasteiger partial charge in [-0.1, -0.05) is 26.7 Å². The van der Waals surface area contributed by atoms with E-state index >= 15 is 0 Å². The fourth-order valence-electron chi connectivity index (χ4n) is 3.94. The van der Waals surface area contributed by atoms with Gasteiger partial charge in [0, 0.05) is 19.0 Å². The number of nitrogens with one attached hydrogen (secondary N) is 1. The van der Waals surface area contributed by atoms with Crippen LogP contribution in [0.15, 0.2) is 21.3 Å². The van der Waals surface area contributed by atoms with Crippen LogP contribution in [0, 0.1) is 17.8 Å². The highest BCUT2D eigenvalue weighted by molar-refractivity contribution is 5.91. The third-order valence-electron chi connectivity index (χ3n) is 5.84. The molecule has 6 nitrogen and oxygen atoms in total. The molecule has 2 aliphatic rings. The molecular weight excluding hydrogens is 369 g/mol. The maximum Gasteiger partial charge on any atom is 0.232 e. The topological polar surface area (TPSA) is 106 Å². The molecule has 1 amide bonds. The lowest BCUT2D eigenvalue weighted by atomic mass is 9.96. The number of carbonyl (C=O) groups excluding carboxylic acids is 1. The number of hydrogen-bond acceptors (Lipinski definition) is 5. The average Bonchev–Trinajstić information content (AvgIpc) is 3.50. The van der Waals surface area contributed by atoms with Crippen molar-refractivity contribution in [3.05, 3.63) is 11.3 Å². The van der Waals surface area contributed by atoms with E-state index in [1.807, 2.05) is 0 Å². The monoisotopic (exact) mass is 407 g/mol. The van der Waals surface area contributed by atoms with Gasteiger partial charge < -0.3 is 16.8 Å². The summed E-state index contributed by atoms with van der Waals surface area (Å²) in [6.07, 6.45) is 7.73. The molecule has 2 rings (SSSR count). The molecule has 1 saturated carbocycles. The van der Waals surface area contributed by atoms with Crippen molar-refractivity contribution in [2.45, 2.75) is 84.1 Å². The van der Waals surface area contributed by atoms with Crippen LogP contribution in [-0.4, -0.2) is 43.3 Å². The number of aliphatic imine (C=N–C) groups is 2.